The van der Waals surface area contributed by atoms with Gasteiger partial charge in [0.25, 0.3) is 0 Å². The van der Waals surface area contributed by atoms with E-state index in [2.05, 4.69) is 27.8 Å². The third kappa shape index (κ3) is 3.26. The lowest BCUT2D eigenvalue weighted by atomic mass is 10.1. The summed E-state index contributed by atoms with van der Waals surface area (Å²) in [6.45, 7) is 2.06. The second-order valence-corrected chi connectivity index (χ2v) is 7.52. The maximum Gasteiger partial charge on any atom is 0.162 e. The molecule has 0 spiro atoms. The number of H-pyrrole nitrogens is 1. The van der Waals surface area contributed by atoms with E-state index < -0.39 is 0 Å². The van der Waals surface area contributed by atoms with Crippen molar-refractivity contribution in [3.8, 4) is 22.8 Å². The zero-order valence-electron chi connectivity index (χ0n) is 13.9. The Bertz CT molecular complexity index is 703. The predicted molar refractivity (Wildman–Crippen MR) is 96.8 cm³/mol. The highest BCUT2D eigenvalue weighted by Gasteiger charge is 2.24. The van der Waals surface area contributed by atoms with Gasteiger partial charge in [-0.3, -0.25) is 5.10 Å². The van der Waals surface area contributed by atoms with Crippen LogP contribution in [0.3, 0.4) is 0 Å². The summed E-state index contributed by atoms with van der Waals surface area (Å²) in [5.41, 5.74) is 3.33. The third-order valence-electron chi connectivity index (χ3n) is 4.85. The van der Waals surface area contributed by atoms with Crippen molar-refractivity contribution >= 4 is 11.8 Å². The Morgan fingerprint density at radius 2 is 2.12 bits per heavy atom. The molecule has 5 nitrogen and oxygen atoms in total. The monoisotopic (exact) mass is 345 g/mol. The number of ether oxygens (including phenoxy) is 2. The van der Waals surface area contributed by atoms with Crippen LogP contribution in [-0.4, -0.2) is 41.0 Å². The van der Waals surface area contributed by atoms with E-state index in [1.807, 2.05) is 30.1 Å². The Labute approximate surface area is 146 Å². The van der Waals surface area contributed by atoms with Gasteiger partial charge in [0.15, 0.2) is 11.5 Å². The van der Waals surface area contributed by atoms with Crippen molar-refractivity contribution in [2.24, 2.45) is 0 Å². The number of rotatable bonds is 5. The average molecular weight is 345 g/mol. The molecule has 2 N–H and O–H groups in total. The maximum absolute atomic E-state index is 5.69. The Morgan fingerprint density at radius 3 is 2.96 bits per heavy atom. The highest BCUT2D eigenvalue weighted by molar-refractivity contribution is 7.99. The quantitative estimate of drug-likeness (QED) is 0.871. The number of aromatic amines is 1. The fraction of sp³-hybridized carbons (Fsp3) is 0.500. The number of hydrogen-bond acceptors (Lipinski definition) is 5. The molecule has 2 aliphatic rings. The van der Waals surface area contributed by atoms with Crippen LogP contribution in [0.2, 0.25) is 0 Å². The number of nitrogens with one attached hydrogen (secondary N) is 2. The van der Waals surface area contributed by atoms with Crippen molar-refractivity contribution in [3.05, 3.63) is 30.0 Å². The van der Waals surface area contributed by atoms with E-state index in [4.69, 9.17) is 9.47 Å². The van der Waals surface area contributed by atoms with Gasteiger partial charge in [0.1, 0.15) is 13.2 Å². The molecule has 1 aliphatic carbocycles. The summed E-state index contributed by atoms with van der Waals surface area (Å²) in [5, 5.41) is 11.9. The van der Waals surface area contributed by atoms with Gasteiger partial charge in [-0.25, -0.2) is 0 Å². The second kappa shape index (κ2) is 7.07. The maximum atomic E-state index is 5.69. The van der Waals surface area contributed by atoms with E-state index >= 15 is 0 Å². The van der Waals surface area contributed by atoms with Crippen LogP contribution >= 0.6 is 11.8 Å². The first-order valence-corrected chi connectivity index (χ1v) is 9.80. The molecule has 1 aromatic carbocycles. The fourth-order valence-corrected chi connectivity index (χ4v) is 4.28. The SMILES string of the molecule is CSC1CCC(NCc2cn[nH]c2-c2ccc3c(c2)OCCO3)C1. The molecule has 24 heavy (non-hydrogen) atoms. The van der Waals surface area contributed by atoms with E-state index in [1.54, 1.807) is 0 Å². The molecule has 0 bridgehead atoms. The summed E-state index contributed by atoms with van der Waals surface area (Å²) in [4.78, 5) is 0. The fourth-order valence-electron chi connectivity index (χ4n) is 3.49. The summed E-state index contributed by atoms with van der Waals surface area (Å²) in [5.74, 6) is 1.63. The van der Waals surface area contributed by atoms with Crippen LogP contribution in [0.25, 0.3) is 11.3 Å². The van der Waals surface area contributed by atoms with Crippen molar-refractivity contribution in [2.45, 2.75) is 37.1 Å². The molecule has 0 amide bonds. The van der Waals surface area contributed by atoms with Gasteiger partial charge in [0.2, 0.25) is 0 Å². The second-order valence-electron chi connectivity index (χ2n) is 6.38. The Kier molecular flexibility index (Phi) is 4.67. The number of fused-ring (bicyclic) bond motifs is 1. The molecule has 2 heterocycles. The van der Waals surface area contributed by atoms with Crippen molar-refractivity contribution in [1.29, 1.82) is 0 Å². The summed E-state index contributed by atoms with van der Waals surface area (Å²) in [7, 11) is 0. The molecule has 2 aromatic rings. The molecule has 6 heteroatoms. The minimum atomic E-state index is 0.603. The van der Waals surface area contributed by atoms with E-state index in [1.165, 1.54) is 24.8 Å². The van der Waals surface area contributed by atoms with Gasteiger partial charge in [-0.2, -0.15) is 16.9 Å². The number of thioether (sulfide) groups is 1. The lowest BCUT2D eigenvalue weighted by molar-refractivity contribution is 0.171. The van der Waals surface area contributed by atoms with E-state index in [-0.39, 0.29) is 0 Å². The van der Waals surface area contributed by atoms with E-state index in [0.717, 1.165) is 34.6 Å². The van der Waals surface area contributed by atoms with Crippen molar-refractivity contribution in [1.82, 2.24) is 15.5 Å². The van der Waals surface area contributed by atoms with Gasteiger partial charge < -0.3 is 14.8 Å². The number of benzene rings is 1. The van der Waals surface area contributed by atoms with Crippen molar-refractivity contribution in [3.63, 3.8) is 0 Å². The number of hydrogen-bond donors (Lipinski definition) is 2. The van der Waals surface area contributed by atoms with Crippen LogP contribution in [0.15, 0.2) is 24.4 Å². The van der Waals surface area contributed by atoms with Crippen molar-refractivity contribution < 1.29 is 9.47 Å². The molecular weight excluding hydrogens is 322 g/mol. The van der Waals surface area contributed by atoms with Gasteiger partial charge in [-0.05, 0) is 43.7 Å². The van der Waals surface area contributed by atoms with Crippen LogP contribution in [0.4, 0.5) is 0 Å². The van der Waals surface area contributed by atoms with Gasteiger partial charge >= 0.3 is 0 Å². The molecule has 4 rings (SSSR count). The molecule has 1 saturated carbocycles. The molecule has 0 saturated heterocycles. The standard InChI is InChI=1S/C18H23N3O2S/c1-24-15-4-3-14(9-15)19-10-13-11-20-21-18(13)12-2-5-16-17(8-12)23-7-6-22-16/h2,5,8,11,14-15,19H,3-4,6-7,9-10H2,1H3,(H,20,21). The zero-order valence-corrected chi connectivity index (χ0v) is 14.7. The Morgan fingerprint density at radius 1 is 1.25 bits per heavy atom. The predicted octanol–water partition coefficient (Wildman–Crippen LogP) is 3.22. The highest BCUT2D eigenvalue weighted by atomic mass is 32.2. The smallest absolute Gasteiger partial charge is 0.162 e. The molecule has 1 aliphatic heterocycles. The van der Waals surface area contributed by atoms with Gasteiger partial charge in [0, 0.05) is 29.0 Å². The van der Waals surface area contributed by atoms with Crippen molar-refractivity contribution in [2.75, 3.05) is 19.5 Å². The first-order valence-electron chi connectivity index (χ1n) is 8.52. The minimum absolute atomic E-state index is 0.603. The molecule has 2 atom stereocenters. The molecule has 1 fully saturated rings. The lowest BCUT2D eigenvalue weighted by Crippen LogP contribution is -2.26. The van der Waals surface area contributed by atoms with Gasteiger partial charge in [-0.1, -0.05) is 0 Å². The molecule has 1 aromatic heterocycles. The third-order valence-corrected chi connectivity index (χ3v) is 5.94. The normalized spacial score (nSPS) is 22.7. The topological polar surface area (TPSA) is 59.2 Å². The first kappa shape index (κ1) is 15.8. The van der Waals surface area contributed by atoms with Crippen LogP contribution in [-0.2, 0) is 6.54 Å². The lowest BCUT2D eigenvalue weighted by Gasteiger charge is -2.19. The highest BCUT2D eigenvalue weighted by Crippen LogP contribution is 2.35. The Balaban J connectivity index is 1.46. The van der Waals surface area contributed by atoms with E-state index in [0.29, 0.717) is 19.3 Å². The average Bonchev–Trinajstić information content (AvgIpc) is 3.28. The van der Waals surface area contributed by atoms with Gasteiger partial charge in [0.05, 0.1) is 11.9 Å². The number of aromatic nitrogens is 2. The summed E-state index contributed by atoms with van der Waals surface area (Å²) in [6.07, 6.45) is 7.98. The summed E-state index contributed by atoms with van der Waals surface area (Å²) < 4.78 is 11.3. The zero-order chi connectivity index (χ0) is 16.4. The van der Waals surface area contributed by atoms with Gasteiger partial charge in [-0.15, -0.1) is 0 Å². The van der Waals surface area contributed by atoms with Crippen LogP contribution in [0.1, 0.15) is 24.8 Å². The molecular formula is C18H23N3O2S. The summed E-state index contributed by atoms with van der Waals surface area (Å²) in [6, 6.07) is 6.68. The minimum Gasteiger partial charge on any atom is -0.486 e. The largest absolute Gasteiger partial charge is 0.486 e. The summed E-state index contributed by atoms with van der Waals surface area (Å²) >= 11 is 1.99. The molecule has 2 unspecified atom stereocenters. The first-order chi connectivity index (χ1) is 11.8. The Hall–Kier alpha value is -1.66. The van der Waals surface area contributed by atoms with Crippen LogP contribution in [0.5, 0.6) is 11.5 Å². The van der Waals surface area contributed by atoms with E-state index in [9.17, 15) is 0 Å². The molecule has 128 valence electrons. The van der Waals surface area contributed by atoms with Crippen LogP contribution in [0, 0.1) is 0 Å². The van der Waals surface area contributed by atoms with Crippen LogP contribution < -0.4 is 14.8 Å². The molecule has 0 radical (unpaired) electrons. The number of nitrogens with zero attached hydrogens (tertiary/aromatic N) is 1.